The van der Waals surface area contributed by atoms with E-state index < -0.39 is 0 Å². The molecule has 0 radical (unpaired) electrons. The van der Waals surface area contributed by atoms with E-state index in [0.717, 1.165) is 24.2 Å². The van der Waals surface area contributed by atoms with E-state index in [1.807, 2.05) is 0 Å². The maximum atomic E-state index is 12.8. The molecule has 1 saturated heterocycles. The normalized spacial score (nSPS) is 55.3. The summed E-state index contributed by atoms with van der Waals surface area (Å²) in [4.78, 5) is 12.8. The van der Waals surface area contributed by atoms with Crippen LogP contribution in [0.2, 0.25) is 0 Å². The highest BCUT2D eigenvalue weighted by atomic mass is 16.6. The van der Waals surface area contributed by atoms with Crippen LogP contribution in [0.3, 0.4) is 0 Å². The van der Waals surface area contributed by atoms with Gasteiger partial charge in [0.1, 0.15) is 5.78 Å². The maximum Gasteiger partial charge on any atom is 0.138 e. The molecule has 0 bridgehead atoms. The number of epoxide rings is 1. The third-order valence-corrected chi connectivity index (χ3v) is 13.7. The number of ether oxygens (including phenoxy) is 1. The Bertz CT molecular complexity index is 842. The number of carbonyl (C=O) groups excluding carboxylic acids is 1. The molecule has 6 fully saturated rings. The van der Waals surface area contributed by atoms with Crippen molar-refractivity contribution in [2.24, 2.45) is 50.7 Å². The molecule has 1 aliphatic heterocycles. The SMILES string of the molecule is C[C@H](CC[C@H]1OC1(C)C)[C@H]1CC[C@@]2(C)[C@@H]3CC[C@H]4C(C)(C)C(=O)CC[C@@]45C[C@@]35CC[C@]12C. The van der Waals surface area contributed by atoms with Gasteiger partial charge < -0.3 is 4.74 Å². The van der Waals surface area contributed by atoms with Crippen LogP contribution in [0.25, 0.3) is 0 Å². The quantitative estimate of drug-likeness (QED) is 0.421. The fourth-order valence-electron chi connectivity index (χ4n) is 11.5. The highest BCUT2D eigenvalue weighted by Crippen LogP contribution is 2.88. The van der Waals surface area contributed by atoms with Gasteiger partial charge in [0.15, 0.2) is 0 Å². The van der Waals surface area contributed by atoms with Crippen molar-refractivity contribution in [2.45, 2.75) is 131 Å². The van der Waals surface area contributed by atoms with Crippen molar-refractivity contribution in [3.63, 3.8) is 0 Å². The molecule has 5 aliphatic carbocycles. The van der Waals surface area contributed by atoms with Gasteiger partial charge in [-0.05, 0) is 123 Å². The Labute approximate surface area is 197 Å². The fourth-order valence-corrected chi connectivity index (χ4v) is 11.5. The van der Waals surface area contributed by atoms with Crippen LogP contribution in [0.4, 0.5) is 0 Å². The first-order valence-corrected chi connectivity index (χ1v) is 14.1. The highest BCUT2D eigenvalue weighted by Gasteiger charge is 2.82. The lowest BCUT2D eigenvalue weighted by atomic mass is 9.42. The molecule has 2 heteroatoms. The summed E-state index contributed by atoms with van der Waals surface area (Å²) in [6.45, 7) is 17.1. The Hall–Kier alpha value is -0.370. The molecule has 180 valence electrons. The minimum atomic E-state index is -0.0836. The summed E-state index contributed by atoms with van der Waals surface area (Å²) in [5, 5.41) is 0. The minimum Gasteiger partial charge on any atom is -0.367 e. The Balaban J connectivity index is 1.24. The monoisotopic (exact) mass is 440 g/mol. The van der Waals surface area contributed by atoms with Crippen LogP contribution in [-0.2, 0) is 9.53 Å². The van der Waals surface area contributed by atoms with E-state index in [1.165, 1.54) is 64.2 Å². The average Bonchev–Trinajstić information content (AvgIpc) is 3.53. The highest BCUT2D eigenvalue weighted by molar-refractivity contribution is 5.86. The van der Waals surface area contributed by atoms with Gasteiger partial charge in [-0.15, -0.1) is 0 Å². The zero-order valence-corrected chi connectivity index (χ0v) is 22.0. The van der Waals surface area contributed by atoms with Crippen molar-refractivity contribution in [2.75, 3.05) is 0 Å². The number of ketones is 1. The molecule has 0 amide bonds. The largest absolute Gasteiger partial charge is 0.367 e. The number of rotatable bonds is 4. The molecule has 9 atom stereocenters. The van der Waals surface area contributed by atoms with Gasteiger partial charge in [0.25, 0.3) is 0 Å². The Morgan fingerprint density at radius 2 is 1.53 bits per heavy atom. The minimum absolute atomic E-state index is 0.0836. The van der Waals surface area contributed by atoms with E-state index in [1.54, 1.807) is 0 Å². The lowest BCUT2D eigenvalue weighted by molar-refractivity contribution is -0.157. The summed E-state index contributed by atoms with van der Waals surface area (Å²) < 4.78 is 5.91. The maximum absolute atomic E-state index is 12.8. The fraction of sp³-hybridized carbons (Fsp3) is 0.967. The van der Waals surface area contributed by atoms with Gasteiger partial charge in [0.05, 0.1) is 11.7 Å². The third kappa shape index (κ3) is 2.45. The van der Waals surface area contributed by atoms with Gasteiger partial charge in [-0.3, -0.25) is 4.79 Å². The Kier molecular flexibility index (Phi) is 4.31. The van der Waals surface area contributed by atoms with Crippen LogP contribution in [0.5, 0.6) is 0 Å². The summed E-state index contributed by atoms with van der Waals surface area (Å²) in [6.07, 6.45) is 15.1. The Morgan fingerprint density at radius 3 is 2.22 bits per heavy atom. The first-order valence-electron chi connectivity index (χ1n) is 14.1. The second kappa shape index (κ2) is 6.24. The van der Waals surface area contributed by atoms with Crippen LogP contribution in [0.15, 0.2) is 0 Å². The molecule has 6 aliphatic rings. The molecule has 6 rings (SSSR count). The molecular formula is C30H48O2. The summed E-state index contributed by atoms with van der Waals surface area (Å²) in [5.74, 6) is 3.79. The molecule has 0 aromatic heterocycles. The van der Waals surface area contributed by atoms with Crippen LogP contribution in [0.1, 0.15) is 119 Å². The van der Waals surface area contributed by atoms with E-state index in [-0.39, 0.29) is 11.0 Å². The predicted molar refractivity (Wildman–Crippen MR) is 129 cm³/mol. The standard InChI is InChI=1S/C30H48O2/c1-19(8-11-24-26(4,5)32-24)20-12-14-28(7)22-10-9-21-25(2,3)23(31)13-15-29(21)18-30(22,29)17-16-27(20,28)6/h19-22,24H,8-18H2,1-7H3/t19-,20-,21+,22+,24-,27-,28+,29-,30+/m1/s1. The van der Waals surface area contributed by atoms with Crippen molar-refractivity contribution in [3.8, 4) is 0 Å². The number of fused-ring (bicyclic) bond motifs is 2. The van der Waals surface area contributed by atoms with Crippen molar-refractivity contribution >= 4 is 5.78 Å². The third-order valence-electron chi connectivity index (χ3n) is 13.7. The molecule has 0 N–H and O–H groups in total. The van der Waals surface area contributed by atoms with Crippen molar-refractivity contribution in [1.82, 2.24) is 0 Å². The molecular weight excluding hydrogens is 392 g/mol. The van der Waals surface area contributed by atoms with E-state index in [2.05, 4.69) is 48.5 Å². The summed E-state index contributed by atoms with van der Waals surface area (Å²) in [7, 11) is 0. The molecule has 5 saturated carbocycles. The van der Waals surface area contributed by atoms with Crippen molar-refractivity contribution in [1.29, 1.82) is 0 Å². The smallest absolute Gasteiger partial charge is 0.138 e. The van der Waals surface area contributed by atoms with Gasteiger partial charge in [-0.2, -0.15) is 0 Å². The summed E-state index contributed by atoms with van der Waals surface area (Å²) >= 11 is 0. The predicted octanol–water partition coefficient (Wildman–Crippen LogP) is 7.59. The molecule has 2 spiro atoms. The van der Waals surface area contributed by atoms with Crippen LogP contribution < -0.4 is 0 Å². The lowest BCUT2D eigenvalue weighted by Gasteiger charge is -2.62. The molecule has 0 aromatic carbocycles. The molecule has 0 aromatic rings. The second-order valence-corrected chi connectivity index (χ2v) is 15.1. The van der Waals surface area contributed by atoms with Crippen molar-refractivity contribution in [3.05, 3.63) is 0 Å². The van der Waals surface area contributed by atoms with Crippen molar-refractivity contribution < 1.29 is 9.53 Å². The van der Waals surface area contributed by atoms with E-state index in [4.69, 9.17) is 4.74 Å². The number of carbonyl (C=O) groups is 1. The Morgan fingerprint density at radius 1 is 0.875 bits per heavy atom. The molecule has 2 nitrogen and oxygen atoms in total. The van der Waals surface area contributed by atoms with Gasteiger partial charge in [-0.25, -0.2) is 0 Å². The van der Waals surface area contributed by atoms with Crippen LogP contribution in [0, 0.1) is 50.7 Å². The van der Waals surface area contributed by atoms with Gasteiger partial charge in [0.2, 0.25) is 0 Å². The zero-order chi connectivity index (χ0) is 22.9. The number of hydrogen-bond acceptors (Lipinski definition) is 2. The first kappa shape index (κ1) is 22.1. The van der Waals surface area contributed by atoms with Gasteiger partial charge in [0, 0.05) is 11.8 Å². The number of hydrogen-bond donors (Lipinski definition) is 0. The molecule has 1 heterocycles. The van der Waals surface area contributed by atoms with Crippen LogP contribution in [-0.4, -0.2) is 17.5 Å². The number of Topliss-reactive ketones (excluding diaryl/α,β-unsaturated/α-hetero) is 1. The van der Waals surface area contributed by atoms with E-state index in [0.29, 0.717) is 39.5 Å². The van der Waals surface area contributed by atoms with Gasteiger partial charge >= 0.3 is 0 Å². The lowest BCUT2D eigenvalue weighted by Crippen LogP contribution is -2.57. The van der Waals surface area contributed by atoms with E-state index in [9.17, 15) is 4.79 Å². The zero-order valence-electron chi connectivity index (χ0n) is 22.0. The topological polar surface area (TPSA) is 29.6 Å². The first-order chi connectivity index (χ1) is 14.8. The average molecular weight is 441 g/mol. The van der Waals surface area contributed by atoms with Crippen LogP contribution >= 0.6 is 0 Å². The summed E-state index contributed by atoms with van der Waals surface area (Å²) in [6, 6.07) is 0. The van der Waals surface area contributed by atoms with E-state index >= 15 is 0 Å². The second-order valence-electron chi connectivity index (χ2n) is 15.1. The molecule has 0 unspecified atom stereocenters. The summed E-state index contributed by atoms with van der Waals surface area (Å²) in [5.41, 5.74) is 2.14. The molecule has 32 heavy (non-hydrogen) atoms. The van der Waals surface area contributed by atoms with Gasteiger partial charge in [-0.1, -0.05) is 34.6 Å².